The summed E-state index contributed by atoms with van der Waals surface area (Å²) in [6, 6.07) is 0.674. The van der Waals surface area contributed by atoms with Crippen LogP contribution in [0.1, 0.15) is 38.5 Å². The van der Waals surface area contributed by atoms with E-state index in [1.807, 2.05) is 4.90 Å². The van der Waals surface area contributed by atoms with E-state index >= 15 is 0 Å². The fourth-order valence-corrected chi connectivity index (χ4v) is 3.80. The highest BCUT2D eigenvalue weighted by Crippen LogP contribution is 2.25. The fraction of sp³-hybridized carbons (Fsp3) is 0.867. The number of piperidine rings is 1. The van der Waals surface area contributed by atoms with Crippen LogP contribution in [0, 0.1) is 5.92 Å². The van der Waals surface area contributed by atoms with Crippen molar-refractivity contribution < 1.29 is 9.59 Å². The minimum absolute atomic E-state index is 0.137. The van der Waals surface area contributed by atoms with E-state index in [0.29, 0.717) is 19.0 Å². The van der Waals surface area contributed by atoms with E-state index < -0.39 is 0 Å². The van der Waals surface area contributed by atoms with Crippen molar-refractivity contribution in [1.82, 2.24) is 15.1 Å². The van der Waals surface area contributed by atoms with Crippen molar-refractivity contribution >= 4 is 11.8 Å². The van der Waals surface area contributed by atoms with Crippen LogP contribution in [0.15, 0.2) is 0 Å². The topological polar surface area (TPSA) is 52.7 Å². The minimum Gasteiger partial charge on any atom is -0.341 e. The molecule has 0 radical (unpaired) electrons. The molecule has 1 unspecified atom stereocenters. The van der Waals surface area contributed by atoms with Gasteiger partial charge in [0.2, 0.25) is 11.8 Å². The van der Waals surface area contributed by atoms with Crippen LogP contribution in [0.2, 0.25) is 0 Å². The largest absolute Gasteiger partial charge is 0.341 e. The second-order valence-corrected chi connectivity index (χ2v) is 6.34. The van der Waals surface area contributed by atoms with E-state index in [4.69, 9.17) is 0 Å². The molecule has 3 aliphatic heterocycles. The van der Waals surface area contributed by atoms with Crippen LogP contribution in [0.4, 0.5) is 0 Å². The van der Waals surface area contributed by atoms with Crippen LogP contribution in [0.3, 0.4) is 0 Å². The average Bonchev–Trinajstić information content (AvgIpc) is 3.12. The lowest BCUT2D eigenvalue weighted by Gasteiger charge is -2.35. The molecule has 5 nitrogen and oxygen atoms in total. The Morgan fingerprint density at radius 3 is 2.55 bits per heavy atom. The number of hydrogen-bond donors (Lipinski definition) is 1. The molecular weight excluding hydrogens is 254 g/mol. The zero-order valence-corrected chi connectivity index (χ0v) is 12.1. The first-order valence-corrected chi connectivity index (χ1v) is 8.03. The lowest BCUT2D eigenvalue weighted by Crippen LogP contribution is -2.46. The van der Waals surface area contributed by atoms with E-state index in [1.165, 1.54) is 12.8 Å². The van der Waals surface area contributed by atoms with Crippen molar-refractivity contribution in [3.8, 4) is 0 Å². The summed E-state index contributed by atoms with van der Waals surface area (Å²) in [5.41, 5.74) is 0. The SMILES string of the molecule is O=C(CN1CCCC1=O)N1CCC(C2CCCN2)CC1. The third kappa shape index (κ3) is 2.97. The summed E-state index contributed by atoms with van der Waals surface area (Å²) in [5.74, 6) is 1.01. The summed E-state index contributed by atoms with van der Waals surface area (Å²) in [7, 11) is 0. The Morgan fingerprint density at radius 1 is 1.15 bits per heavy atom. The number of likely N-dealkylation sites (tertiary alicyclic amines) is 2. The Bertz CT molecular complexity index is 371. The van der Waals surface area contributed by atoms with Gasteiger partial charge in [-0.15, -0.1) is 0 Å². The molecule has 0 aromatic carbocycles. The first kappa shape index (κ1) is 13.9. The van der Waals surface area contributed by atoms with E-state index in [0.717, 1.165) is 51.4 Å². The predicted molar refractivity (Wildman–Crippen MR) is 76.1 cm³/mol. The smallest absolute Gasteiger partial charge is 0.242 e. The maximum Gasteiger partial charge on any atom is 0.242 e. The van der Waals surface area contributed by atoms with Crippen LogP contribution in [-0.2, 0) is 9.59 Å². The van der Waals surface area contributed by atoms with Gasteiger partial charge in [-0.2, -0.15) is 0 Å². The van der Waals surface area contributed by atoms with Crippen molar-refractivity contribution in [3.05, 3.63) is 0 Å². The van der Waals surface area contributed by atoms with Gasteiger partial charge in [0.1, 0.15) is 0 Å². The van der Waals surface area contributed by atoms with Gasteiger partial charge in [-0.3, -0.25) is 9.59 Å². The maximum atomic E-state index is 12.2. The summed E-state index contributed by atoms with van der Waals surface area (Å²) in [4.78, 5) is 27.5. The number of carbonyl (C=O) groups excluding carboxylic acids is 2. The first-order chi connectivity index (χ1) is 9.74. The van der Waals surface area contributed by atoms with Gasteiger partial charge in [-0.1, -0.05) is 0 Å². The molecule has 0 spiro atoms. The molecule has 20 heavy (non-hydrogen) atoms. The van der Waals surface area contributed by atoms with E-state index in [-0.39, 0.29) is 11.8 Å². The van der Waals surface area contributed by atoms with Crippen molar-refractivity contribution in [2.24, 2.45) is 5.92 Å². The summed E-state index contributed by atoms with van der Waals surface area (Å²) < 4.78 is 0. The first-order valence-electron chi connectivity index (χ1n) is 8.03. The Morgan fingerprint density at radius 2 is 1.95 bits per heavy atom. The van der Waals surface area contributed by atoms with E-state index in [9.17, 15) is 9.59 Å². The highest BCUT2D eigenvalue weighted by molar-refractivity contribution is 5.85. The highest BCUT2D eigenvalue weighted by Gasteiger charge is 2.31. The maximum absolute atomic E-state index is 12.2. The Hall–Kier alpha value is -1.10. The van der Waals surface area contributed by atoms with E-state index in [1.54, 1.807) is 4.90 Å². The second kappa shape index (κ2) is 6.12. The molecule has 0 aromatic heterocycles. The molecule has 0 aromatic rings. The van der Waals surface area contributed by atoms with Crippen LogP contribution < -0.4 is 5.32 Å². The number of hydrogen-bond acceptors (Lipinski definition) is 3. The molecule has 1 atom stereocenters. The number of rotatable bonds is 3. The molecule has 3 fully saturated rings. The van der Waals surface area contributed by atoms with Gasteiger partial charge in [0.05, 0.1) is 6.54 Å². The van der Waals surface area contributed by atoms with Gasteiger partial charge in [0, 0.05) is 32.1 Å². The summed E-state index contributed by atoms with van der Waals surface area (Å²) in [5, 5.41) is 3.58. The zero-order chi connectivity index (χ0) is 13.9. The standard InChI is InChI=1S/C15H25N3O2/c19-14-4-2-8-18(14)11-15(20)17-9-5-12(6-10-17)13-3-1-7-16-13/h12-13,16H,1-11H2. The second-order valence-electron chi connectivity index (χ2n) is 6.34. The molecule has 3 heterocycles. The van der Waals surface area contributed by atoms with Gasteiger partial charge < -0.3 is 15.1 Å². The van der Waals surface area contributed by atoms with Crippen molar-refractivity contribution in [1.29, 1.82) is 0 Å². The van der Waals surface area contributed by atoms with Gasteiger partial charge in [-0.25, -0.2) is 0 Å². The molecule has 0 bridgehead atoms. The van der Waals surface area contributed by atoms with Crippen LogP contribution >= 0.6 is 0 Å². The van der Waals surface area contributed by atoms with Gasteiger partial charge in [0.15, 0.2) is 0 Å². The third-order valence-corrected chi connectivity index (χ3v) is 5.06. The zero-order valence-electron chi connectivity index (χ0n) is 12.1. The van der Waals surface area contributed by atoms with Gasteiger partial charge in [-0.05, 0) is 44.6 Å². The van der Waals surface area contributed by atoms with Crippen LogP contribution in [-0.4, -0.2) is 60.4 Å². The van der Waals surface area contributed by atoms with Crippen molar-refractivity contribution in [2.45, 2.75) is 44.6 Å². The quantitative estimate of drug-likeness (QED) is 0.823. The molecule has 0 saturated carbocycles. The number of nitrogens with one attached hydrogen (secondary N) is 1. The molecule has 5 heteroatoms. The van der Waals surface area contributed by atoms with Crippen LogP contribution in [0.25, 0.3) is 0 Å². The summed E-state index contributed by atoms with van der Waals surface area (Å²) >= 11 is 0. The molecule has 3 aliphatic rings. The normalized spacial score (nSPS) is 28.4. The number of carbonyl (C=O) groups is 2. The Labute approximate surface area is 120 Å². The molecule has 1 N–H and O–H groups in total. The predicted octanol–water partition coefficient (Wildman–Crippen LogP) is 0.599. The highest BCUT2D eigenvalue weighted by atomic mass is 16.2. The van der Waals surface area contributed by atoms with Gasteiger partial charge in [0.25, 0.3) is 0 Å². The monoisotopic (exact) mass is 279 g/mol. The van der Waals surface area contributed by atoms with Crippen molar-refractivity contribution in [3.63, 3.8) is 0 Å². The van der Waals surface area contributed by atoms with Crippen LogP contribution in [0.5, 0.6) is 0 Å². The number of amides is 2. The minimum atomic E-state index is 0.137. The summed E-state index contributed by atoms with van der Waals surface area (Å²) in [6.45, 7) is 3.94. The third-order valence-electron chi connectivity index (χ3n) is 5.06. The fourth-order valence-electron chi connectivity index (χ4n) is 3.80. The lowest BCUT2D eigenvalue weighted by atomic mass is 9.88. The average molecular weight is 279 g/mol. The molecule has 0 aliphatic carbocycles. The number of nitrogens with zero attached hydrogens (tertiary/aromatic N) is 2. The van der Waals surface area contributed by atoms with Crippen molar-refractivity contribution in [2.75, 3.05) is 32.7 Å². The molecular formula is C15H25N3O2. The van der Waals surface area contributed by atoms with E-state index in [2.05, 4.69) is 5.32 Å². The molecule has 2 amide bonds. The molecule has 3 rings (SSSR count). The lowest BCUT2D eigenvalue weighted by molar-refractivity contribution is -0.139. The van der Waals surface area contributed by atoms with Gasteiger partial charge >= 0.3 is 0 Å². The Balaban J connectivity index is 1.45. The molecule has 112 valence electrons. The molecule has 3 saturated heterocycles. The summed E-state index contributed by atoms with van der Waals surface area (Å²) in [6.07, 6.45) is 6.32. The Kier molecular flexibility index (Phi) is 4.24.